The van der Waals surface area contributed by atoms with E-state index in [1.165, 1.54) is 33.3 Å². The van der Waals surface area contributed by atoms with Crippen LogP contribution in [0, 0.1) is 0 Å². The van der Waals surface area contributed by atoms with E-state index < -0.39 is 0 Å². The molecule has 2 N–H and O–H groups in total. The molecule has 3 aromatic rings. The number of aromatic nitrogens is 1. The highest BCUT2D eigenvalue weighted by Gasteiger charge is 2.65. The number of likely N-dealkylation sites (tertiary alicyclic amines) is 1. The summed E-state index contributed by atoms with van der Waals surface area (Å²) in [6.07, 6.45) is 3.15. The minimum absolute atomic E-state index is 0.00723. The molecular weight excluding hydrogens is 336 g/mol. The first kappa shape index (κ1) is 14.6. The van der Waals surface area contributed by atoms with E-state index in [1.807, 2.05) is 6.07 Å². The molecule has 2 aliphatic carbocycles. The summed E-state index contributed by atoms with van der Waals surface area (Å²) >= 11 is 0. The fourth-order valence-electron chi connectivity index (χ4n) is 6.81. The van der Waals surface area contributed by atoms with Crippen molar-refractivity contribution in [3.63, 3.8) is 0 Å². The number of aromatic amines is 1. The molecule has 0 saturated carbocycles. The molecular formula is C23H22N2O2. The number of para-hydroxylation sites is 1. The molecule has 0 radical (unpaired) electrons. The normalized spacial score (nSPS) is 32.9. The Morgan fingerprint density at radius 3 is 3.00 bits per heavy atom. The van der Waals surface area contributed by atoms with Crippen molar-refractivity contribution < 1.29 is 9.84 Å². The van der Waals surface area contributed by atoms with Gasteiger partial charge in [0, 0.05) is 46.0 Å². The number of nitrogens with one attached hydrogen (secondary N) is 1. The molecule has 0 amide bonds. The van der Waals surface area contributed by atoms with Gasteiger partial charge in [0.1, 0.15) is 6.10 Å². The number of nitrogens with zero attached hydrogens (tertiary/aromatic N) is 1. The average Bonchev–Trinajstić information content (AvgIpc) is 3.21. The number of likely N-dealkylation sites (N-methyl/N-ethyl adjacent to an activating group) is 1. The molecule has 2 aromatic carbocycles. The van der Waals surface area contributed by atoms with Crippen molar-refractivity contribution in [3.8, 4) is 11.5 Å². The lowest BCUT2D eigenvalue weighted by Gasteiger charge is -2.57. The number of phenolic OH excluding ortho intramolecular Hbond substituents is 1. The van der Waals surface area contributed by atoms with Crippen molar-refractivity contribution in [2.45, 2.75) is 42.7 Å². The van der Waals surface area contributed by atoms with Gasteiger partial charge in [0.15, 0.2) is 11.5 Å². The highest BCUT2D eigenvalue weighted by Crippen LogP contribution is 2.65. The van der Waals surface area contributed by atoms with Gasteiger partial charge in [-0.2, -0.15) is 0 Å². The number of hydrogen-bond donors (Lipinski definition) is 2. The van der Waals surface area contributed by atoms with E-state index >= 15 is 0 Å². The molecule has 4 heteroatoms. The van der Waals surface area contributed by atoms with Gasteiger partial charge >= 0.3 is 0 Å². The molecule has 2 aliphatic heterocycles. The van der Waals surface area contributed by atoms with Gasteiger partial charge in [0.25, 0.3) is 0 Å². The SMILES string of the molecule is CN1CC[C@]23c4c5ccc(O)c4O[C@H]2Cc2c([nH]c4ccccc24)[C@H]3[C@@H]1C5. The molecule has 0 unspecified atom stereocenters. The molecule has 4 atom stereocenters. The first-order valence-corrected chi connectivity index (χ1v) is 10.00. The van der Waals surface area contributed by atoms with Crippen molar-refractivity contribution >= 4 is 10.9 Å². The molecule has 7 rings (SSSR count). The summed E-state index contributed by atoms with van der Waals surface area (Å²) in [5, 5.41) is 11.9. The number of piperidine rings is 1. The number of hydrogen-bond acceptors (Lipinski definition) is 3. The van der Waals surface area contributed by atoms with E-state index in [2.05, 4.69) is 47.3 Å². The Morgan fingerprint density at radius 2 is 2.07 bits per heavy atom. The molecule has 3 heterocycles. The third-order valence-corrected chi connectivity index (χ3v) is 7.88. The Labute approximate surface area is 157 Å². The van der Waals surface area contributed by atoms with Crippen LogP contribution >= 0.6 is 0 Å². The van der Waals surface area contributed by atoms with Gasteiger partial charge in [0.2, 0.25) is 0 Å². The van der Waals surface area contributed by atoms with Gasteiger partial charge in [-0.25, -0.2) is 0 Å². The number of phenols is 1. The van der Waals surface area contributed by atoms with Gasteiger partial charge in [-0.1, -0.05) is 24.3 Å². The van der Waals surface area contributed by atoms with E-state index in [-0.39, 0.29) is 11.5 Å². The van der Waals surface area contributed by atoms with Gasteiger partial charge < -0.3 is 19.7 Å². The number of aromatic hydroxyl groups is 1. The minimum atomic E-state index is -0.00723. The highest BCUT2D eigenvalue weighted by molar-refractivity contribution is 5.86. The fraction of sp³-hybridized carbons (Fsp3) is 0.391. The molecule has 136 valence electrons. The minimum Gasteiger partial charge on any atom is -0.504 e. The van der Waals surface area contributed by atoms with Crippen LogP contribution in [0.4, 0.5) is 0 Å². The lowest BCUT2D eigenvalue weighted by atomic mass is 9.52. The van der Waals surface area contributed by atoms with Crippen LogP contribution in [0.2, 0.25) is 0 Å². The van der Waals surface area contributed by atoms with Crippen LogP contribution < -0.4 is 4.74 Å². The Hall–Kier alpha value is -2.46. The monoisotopic (exact) mass is 358 g/mol. The maximum atomic E-state index is 10.6. The van der Waals surface area contributed by atoms with Gasteiger partial charge in [-0.05, 0) is 49.7 Å². The van der Waals surface area contributed by atoms with E-state index in [4.69, 9.17) is 4.74 Å². The highest BCUT2D eigenvalue weighted by atomic mass is 16.5. The zero-order valence-corrected chi connectivity index (χ0v) is 15.3. The summed E-state index contributed by atoms with van der Waals surface area (Å²) in [5.41, 5.74) is 6.75. The molecule has 2 bridgehead atoms. The third-order valence-electron chi connectivity index (χ3n) is 7.88. The predicted molar refractivity (Wildman–Crippen MR) is 104 cm³/mol. The topological polar surface area (TPSA) is 48.5 Å². The summed E-state index contributed by atoms with van der Waals surface area (Å²) in [4.78, 5) is 6.35. The third kappa shape index (κ3) is 1.49. The zero-order chi connectivity index (χ0) is 17.9. The number of benzene rings is 2. The van der Waals surface area contributed by atoms with Crippen LogP contribution in [0.5, 0.6) is 11.5 Å². The van der Waals surface area contributed by atoms with Gasteiger partial charge in [-0.15, -0.1) is 0 Å². The van der Waals surface area contributed by atoms with Gasteiger partial charge in [-0.3, -0.25) is 0 Å². The lowest BCUT2D eigenvalue weighted by Crippen LogP contribution is -2.62. The Bertz CT molecular complexity index is 1130. The number of rotatable bonds is 0. The molecule has 1 saturated heterocycles. The van der Waals surface area contributed by atoms with Crippen LogP contribution in [0.3, 0.4) is 0 Å². The number of ether oxygens (including phenoxy) is 1. The Kier molecular flexibility index (Phi) is 2.43. The van der Waals surface area contributed by atoms with E-state index in [9.17, 15) is 5.11 Å². The van der Waals surface area contributed by atoms with Crippen LogP contribution in [0.15, 0.2) is 36.4 Å². The molecule has 4 nitrogen and oxygen atoms in total. The van der Waals surface area contributed by atoms with Crippen LogP contribution in [-0.2, 0) is 18.3 Å². The standard InChI is InChI=1S/C23H22N2O2/c1-25-9-8-23-18-11-14-13-4-2-3-5-15(13)24-21(14)20(23)16(25)10-12-6-7-17(26)22(27-18)19(12)23/h2-7,16,18,20,24,26H,8-11H2,1H3/t16-,18-,20+,23+/m0/s1. The Morgan fingerprint density at radius 1 is 1.19 bits per heavy atom. The van der Waals surface area contributed by atoms with Crippen molar-refractivity contribution in [3.05, 3.63) is 58.8 Å². The Balaban J connectivity index is 1.58. The predicted octanol–water partition coefficient (Wildman–Crippen LogP) is 3.47. The summed E-state index contributed by atoms with van der Waals surface area (Å²) in [5.74, 6) is 1.47. The van der Waals surface area contributed by atoms with E-state index in [0.29, 0.717) is 17.7 Å². The number of fused-ring (bicyclic) bond motifs is 3. The van der Waals surface area contributed by atoms with Crippen LogP contribution in [-0.4, -0.2) is 40.7 Å². The van der Waals surface area contributed by atoms with Crippen LogP contribution in [0.1, 0.15) is 34.7 Å². The second kappa shape index (κ2) is 4.50. The number of H-pyrrole nitrogens is 1. The fourth-order valence-corrected chi connectivity index (χ4v) is 6.81. The summed E-state index contributed by atoms with van der Waals surface area (Å²) in [6, 6.07) is 13.1. The zero-order valence-electron chi connectivity index (χ0n) is 15.3. The lowest BCUT2D eigenvalue weighted by molar-refractivity contribution is 0.0114. The first-order chi connectivity index (χ1) is 13.2. The molecule has 1 fully saturated rings. The van der Waals surface area contributed by atoms with E-state index in [0.717, 1.165) is 31.6 Å². The summed E-state index contributed by atoms with van der Waals surface area (Å²) < 4.78 is 6.54. The quantitative estimate of drug-likeness (QED) is 0.647. The maximum Gasteiger partial charge on any atom is 0.165 e. The molecule has 4 aliphatic rings. The second-order valence-electron chi connectivity index (χ2n) is 8.84. The first-order valence-electron chi connectivity index (χ1n) is 10.00. The average molecular weight is 358 g/mol. The van der Waals surface area contributed by atoms with Gasteiger partial charge in [0.05, 0.1) is 0 Å². The maximum absolute atomic E-state index is 10.6. The summed E-state index contributed by atoms with van der Waals surface area (Å²) in [6.45, 7) is 1.09. The smallest absolute Gasteiger partial charge is 0.165 e. The second-order valence-corrected chi connectivity index (χ2v) is 8.84. The summed E-state index contributed by atoms with van der Waals surface area (Å²) in [7, 11) is 2.27. The van der Waals surface area contributed by atoms with Crippen molar-refractivity contribution in [1.82, 2.24) is 9.88 Å². The van der Waals surface area contributed by atoms with Crippen molar-refractivity contribution in [2.75, 3.05) is 13.6 Å². The van der Waals surface area contributed by atoms with Crippen molar-refractivity contribution in [1.29, 1.82) is 0 Å². The van der Waals surface area contributed by atoms with E-state index in [1.54, 1.807) is 0 Å². The largest absolute Gasteiger partial charge is 0.504 e. The molecule has 1 spiro atoms. The van der Waals surface area contributed by atoms with Crippen LogP contribution in [0.25, 0.3) is 10.9 Å². The van der Waals surface area contributed by atoms with Crippen molar-refractivity contribution in [2.24, 2.45) is 0 Å². The molecule has 27 heavy (non-hydrogen) atoms. The molecule has 1 aromatic heterocycles.